The van der Waals surface area contributed by atoms with Gasteiger partial charge in [0, 0.05) is 24.7 Å². The molecule has 0 amide bonds. The highest BCUT2D eigenvalue weighted by molar-refractivity contribution is 5.81. The fraction of sp³-hybridized carbons (Fsp3) is 0. The van der Waals surface area contributed by atoms with Crippen molar-refractivity contribution in [1.82, 2.24) is 30.0 Å². The van der Waals surface area contributed by atoms with E-state index in [1.165, 1.54) is 10.6 Å². The minimum Gasteiger partial charge on any atom is -0.289 e. The summed E-state index contributed by atoms with van der Waals surface area (Å²) < 4.78 is 1.35. The summed E-state index contributed by atoms with van der Waals surface area (Å²) in [7, 11) is 0. The van der Waals surface area contributed by atoms with E-state index < -0.39 is 0 Å². The van der Waals surface area contributed by atoms with Crippen molar-refractivity contribution >= 4 is 17.8 Å². The first-order valence-electron chi connectivity index (χ1n) is 5.08. The van der Waals surface area contributed by atoms with Crippen molar-refractivity contribution in [2.75, 3.05) is 0 Å². The molecule has 0 unspecified atom stereocenters. The van der Waals surface area contributed by atoms with Gasteiger partial charge < -0.3 is 0 Å². The maximum absolute atomic E-state index is 11.4. The maximum atomic E-state index is 11.4. The normalized spacial score (nSPS) is 11.3. The SMILES string of the molecule is O=c1cc(/N=C\c2ccncc2)n2nnnc2[nH]1. The summed E-state index contributed by atoms with van der Waals surface area (Å²) in [6.45, 7) is 0. The molecule has 1 N–H and O–H groups in total. The van der Waals surface area contributed by atoms with Gasteiger partial charge in [-0.1, -0.05) is 5.10 Å². The van der Waals surface area contributed by atoms with Gasteiger partial charge in [-0.25, -0.2) is 4.99 Å². The summed E-state index contributed by atoms with van der Waals surface area (Å²) in [5.74, 6) is 0.611. The van der Waals surface area contributed by atoms with Crippen molar-refractivity contribution in [3.05, 3.63) is 46.5 Å². The molecular formula is C10H7N7O. The Morgan fingerprint density at radius 2 is 2.17 bits per heavy atom. The van der Waals surface area contributed by atoms with Gasteiger partial charge in [0.2, 0.25) is 0 Å². The summed E-state index contributed by atoms with van der Waals surface area (Å²) >= 11 is 0. The van der Waals surface area contributed by atoms with Crippen LogP contribution in [0, 0.1) is 0 Å². The molecule has 0 atom stereocenters. The molecule has 0 fully saturated rings. The molecule has 0 aliphatic rings. The van der Waals surface area contributed by atoms with Crippen molar-refractivity contribution in [3.8, 4) is 0 Å². The zero-order chi connectivity index (χ0) is 12.4. The predicted octanol–water partition coefficient (Wildman–Crippen LogP) is -0.0418. The lowest BCUT2D eigenvalue weighted by molar-refractivity contribution is 0.821. The second-order valence-electron chi connectivity index (χ2n) is 3.44. The van der Waals surface area contributed by atoms with Crippen LogP contribution < -0.4 is 5.56 Å². The monoisotopic (exact) mass is 241 g/mol. The van der Waals surface area contributed by atoms with Gasteiger partial charge in [-0.05, 0) is 28.1 Å². The molecule has 3 aromatic heterocycles. The number of nitrogens with one attached hydrogen (secondary N) is 1. The molecule has 0 aromatic carbocycles. The highest BCUT2D eigenvalue weighted by atomic mass is 16.1. The summed E-state index contributed by atoms with van der Waals surface area (Å²) in [6.07, 6.45) is 4.93. The Morgan fingerprint density at radius 3 is 3.00 bits per heavy atom. The molecular weight excluding hydrogens is 234 g/mol. The summed E-state index contributed by atoms with van der Waals surface area (Å²) in [5.41, 5.74) is 0.561. The Morgan fingerprint density at radius 1 is 1.33 bits per heavy atom. The van der Waals surface area contributed by atoms with E-state index in [4.69, 9.17) is 0 Å². The smallest absolute Gasteiger partial charge is 0.256 e. The van der Waals surface area contributed by atoms with Gasteiger partial charge in [0.15, 0.2) is 5.82 Å². The van der Waals surface area contributed by atoms with Crippen LogP contribution in [0.3, 0.4) is 0 Å². The summed E-state index contributed by atoms with van der Waals surface area (Å²) in [6, 6.07) is 4.92. The standard InChI is InChI=1S/C10H7N7O/c18-9-5-8(17-10(13-9)14-15-16-17)12-6-7-1-3-11-4-2-7/h1-6H,(H,13,14,16,18)/b12-6-. The van der Waals surface area contributed by atoms with Gasteiger partial charge in [-0.3, -0.25) is 14.8 Å². The zero-order valence-corrected chi connectivity index (χ0v) is 9.06. The van der Waals surface area contributed by atoms with Crippen LogP contribution in [0.2, 0.25) is 0 Å². The number of aliphatic imine (C=N–C) groups is 1. The Balaban J connectivity index is 2.07. The number of pyridine rings is 1. The van der Waals surface area contributed by atoms with Gasteiger partial charge in [0.05, 0.1) is 0 Å². The van der Waals surface area contributed by atoms with Crippen LogP contribution >= 0.6 is 0 Å². The van der Waals surface area contributed by atoms with Gasteiger partial charge in [-0.15, -0.1) is 0 Å². The number of hydrogen-bond donors (Lipinski definition) is 1. The summed E-state index contributed by atoms with van der Waals surface area (Å²) in [5, 5.41) is 10.9. The largest absolute Gasteiger partial charge is 0.289 e. The minimum atomic E-state index is -0.306. The number of aromatic nitrogens is 6. The predicted molar refractivity (Wildman–Crippen MR) is 62.9 cm³/mol. The molecule has 3 heterocycles. The van der Waals surface area contributed by atoms with Gasteiger partial charge in [0.25, 0.3) is 11.3 Å². The number of hydrogen-bond acceptors (Lipinski definition) is 6. The highest BCUT2D eigenvalue weighted by Gasteiger charge is 2.03. The number of fused-ring (bicyclic) bond motifs is 1. The van der Waals surface area contributed by atoms with Crippen LogP contribution in [0.25, 0.3) is 5.78 Å². The van der Waals surface area contributed by atoms with Crippen LogP contribution in [0.1, 0.15) is 5.56 Å². The van der Waals surface area contributed by atoms with Crippen LogP contribution in [-0.4, -0.2) is 36.2 Å². The lowest BCUT2D eigenvalue weighted by Gasteiger charge is -1.95. The average Bonchev–Trinajstić information content (AvgIpc) is 2.85. The van der Waals surface area contributed by atoms with E-state index >= 15 is 0 Å². The number of rotatable bonds is 2. The van der Waals surface area contributed by atoms with E-state index in [9.17, 15) is 4.79 Å². The summed E-state index contributed by atoms with van der Waals surface area (Å²) in [4.78, 5) is 21.9. The highest BCUT2D eigenvalue weighted by Crippen LogP contribution is 2.07. The van der Waals surface area contributed by atoms with E-state index in [-0.39, 0.29) is 11.3 Å². The van der Waals surface area contributed by atoms with Crippen LogP contribution in [0.15, 0.2) is 40.4 Å². The first kappa shape index (κ1) is 10.3. The second-order valence-corrected chi connectivity index (χ2v) is 3.44. The Bertz CT molecular complexity index is 758. The molecule has 0 aliphatic heterocycles. The quantitative estimate of drug-likeness (QED) is 0.634. The molecule has 8 heteroatoms. The number of H-pyrrole nitrogens is 1. The molecule has 0 bridgehead atoms. The average molecular weight is 241 g/mol. The Hall–Kier alpha value is -2.90. The van der Waals surface area contributed by atoms with Crippen molar-refractivity contribution in [3.63, 3.8) is 0 Å². The van der Waals surface area contributed by atoms with E-state index in [0.29, 0.717) is 5.82 Å². The van der Waals surface area contributed by atoms with Crippen LogP contribution in [0.5, 0.6) is 0 Å². The van der Waals surface area contributed by atoms with Crippen molar-refractivity contribution in [2.45, 2.75) is 0 Å². The molecule has 88 valence electrons. The molecule has 0 aliphatic carbocycles. The first-order valence-corrected chi connectivity index (χ1v) is 5.08. The van der Waals surface area contributed by atoms with Crippen molar-refractivity contribution < 1.29 is 0 Å². The lowest BCUT2D eigenvalue weighted by Crippen LogP contribution is -2.07. The molecule has 0 spiro atoms. The van der Waals surface area contributed by atoms with Gasteiger partial charge in [-0.2, -0.15) is 4.52 Å². The third-order valence-corrected chi connectivity index (χ3v) is 2.23. The van der Waals surface area contributed by atoms with E-state index in [1.54, 1.807) is 30.7 Å². The maximum Gasteiger partial charge on any atom is 0.256 e. The van der Waals surface area contributed by atoms with Gasteiger partial charge >= 0.3 is 0 Å². The van der Waals surface area contributed by atoms with Crippen molar-refractivity contribution in [1.29, 1.82) is 0 Å². The molecule has 18 heavy (non-hydrogen) atoms. The minimum absolute atomic E-state index is 0.254. The fourth-order valence-electron chi connectivity index (χ4n) is 1.43. The van der Waals surface area contributed by atoms with Crippen molar-refractivity contribution in [2.24, 2.45) is 4.99 Å². The fourth-order valence-corrected chi connectivity index (χ4v) is 1.43. The number of tetrazole rings is 1. The van der Waals surface area contributed by atoms with E-state index in [1.807, 2.05) is 0 Å². The zero-order valence-electron chi connectivity index (χ0n) is 9.06. The third kappa shape index (κ3) is 1.86. The number of nitrogens with zero attached hydrogens (tertiary/aromatic N) is 6. The Kier molecular flexibility index (Phi) is 2.38. The topological polar surface area (TPSA) is 101 Å². The second kappa shape index (κ2) is 4.17. The Labute approximate surface area is 100 Å². The molecule has 8 nitrogen and oxygen atoms in total. The first-order chi connectivity index (χ1) is 8.83. The molecule has 0 saturated heterocycles. The lowest BCUT2D eigenvalue weighted by atomic mass is 10.3. The number of aromatic amines is 1. The third-order valence-electron chi connectivity index (χ3n) is 2.23. The molecule has 0 saturated carbocycles. The van der Waals surface area contributed by atoms with Crippen LogP contribution in [0.4, 0.5) is 5.82 Å². The molecule has 3 rings (SSSR count). The molecule has 0 radical (unpaired) electrons. The molecule has 3 aromatic rings. The van der Waals surface area contributed by atoms with E-state index in [2.05, 4.69) is 30.5 Å². The van der Waals surface area contributed by atoms with Gasteiger partial charge in [0.1, 0.15) is 0 Å². The van der Waals surface area contributed by atoms with E-state index in [0.717, 1.165) is 5.56 Å². The van der Waals surface area contributed by atoms with Crippen LogP contribution in [-0.2, 0) is 0 Å².